The number of para-hydroxylation sites is 2. The summed E-state index contributed by atoms with van der Waals surface area (Å²) >= 11 is 0. The van der Waals surface area contributed by atoms with Crippen LogP contribution in [0.2, 0.25) is 0 Å². The van der Waals surface area contributed by atoms with Crippen molar-refractivity contribution in [3.05, 3.63) is 30.3 Å². The van der Waals surface area contributed by atoms with Crippen LogP contribution < -0.4 is 20.1 Å². The van der Waals surface area contributed by atoms with E-state index in [4.69, 9.17) is 15.2 Å². The van der Waals surface area contributed by atoms with E-state index < -0.39 is 0 Å². The molecule has 19 heavy (non-hydrogen) atoms. The van der Waals surface area contributed by atoms with Crippen LogP contribution in [0.1, 0.15) is 0 Å². The second-order valence-electron chi connectivity index (χ2n) is 4.14. The maximum absolute atomic E-state index is 5.71. The molecule has 0 bridgehead atoms. The third-order valence-corrected chi connectivity index (χ3v) is 2.88. The van der Waals surface area contributed by atoms with Gasteiger partial charge >= 0.3 is 0 Å². The van der Waals surface area contributed by atoms with Crippen molar-refractivity contribution < 1.29 is 9.47 Å². The van der Waals surface area contributed by atoms with Gasteiger partial charge in [-0.1, -0.05) is 12.1 Å². The Morgan fingerprint density at radius 2 is 2.11 bits per heavy atom. The van der Waals surface area contributed by atoms with Gasteiger partial charge in [0.1, 0.15) is 12.3 Å². The average Bonchev–Trinajstić information content (AvgIpc) is 2.46. The van der Waals surface area contributed by atoms with E-state index in [-0.39, 0.29) is 0 Å². The van der Waals surface area contributed by atoms with Crippen molar-refractivity contribution in [2.45, 2.75) is 0 Å². The molecule has 0 radical (unpaired) electrons. The Morgan fingerprint density at radius 1 is 1.26 bits per heavy atom. The predicted octanol–water partition coefficient (Wildman–Crippen LogP) is 1.69. The van der Waals surface area contributed by atoms with Gasteiger partial charge in [-0.3, -0.25) is 0 Å². The van der Waals surface area contributed by atoms with Crippen molar-refractivity contribution in [1.82, 2.24) is 10.2 Å². The molecule has 6 heteroatoms. The Balaban J connectivity index is 1.97. The average molecular weight is 258 g/mol. The number of hydrogen-bond acceptors (Lipinski definition) is 6. The molecule has 0 fully saturated rings. The standard InChI is InChI=1S/C13H14N4O2/c1-17-9-4-2-3-5-11(9)19-13-10(17)8-12(15-16-13)18-7-6-14/h2-5,8H,6-7,14H2,1H3. The molecule has 3 rings (SSSR count). The van der Waals surface area contributed by atoms with Crippen LogP contribution in [0.4, 0.5) is 11.4 Å². The molecule has 1 aliphatic rings. The monoisotopic (exact) mass is 258 g/mol. The zero-order valence-electron chi connectivity index (χ0n) is 10.5. The number of fused-ring (bicyclic) bond motifs is 2. The molecule has 0 atom stereocenters. The van der Waals surface area contributed by atoms with Gasteiger partial charge in [0.25, 0.3) is 5.88 Å². The SMILES string of the molecule is CN1c2ccccc2Oc2nnc(OCCN)cc21. The topological polar surface area (TPSA) is 73.5 Å². The normalized spacial score (nSPS) is 12.4. The van der Waals surface area contributed by atoms with Crippen LogP contribution in [0.3, 0.4) is 0 Å². The molecule has 0 unspecified atom stereocenters. The number of anilines is 2. The minimum atomic E-state index is 0.411. The molecule has 1 aromatic carbocycles. The van der Waals surface area contributed by atoms with Crippen molar-refractivity contribution in [1.29, 1.82) is 0 Å². The predicted molar refractivity (Wildman–Crippen MR) is 71.2 cm³/mol. The summed E-state index contributed by atoms with van der Waals surface area (Å²) in [6.45, 7) is 0.850. The lowest BCUT2D eigenvalue weighted by atomic mass is 10.2. The Hall–Kier alpha value is -2.34. The summed E-state index contributed by atoms with van der Waals surface area (Å²) in [5.74, 6) is 1.68. The third-order valence-electron chi connectivity index (χ3n) is 2.88. The fourth-order valence-electron chi connectivity index (χ4n) is 1.95. The highest BCUT2D eigenvalue weighted by molar-refractivity contribution is 5.76. The number of rotatable bonds is 3. The molecule has 0 saturated heterocycles. The van der Waals surface area contributed by atoms with E-state index in [1.165, 1.54) is 0 Å². The summed E-state index contributed by atoms with van der Waals surface area (Å²) < 4.78 is 11.1. The van der Waals surface area contributed by atoms with E-state index in [0.717, 1.165) is 17.1 Å². The van der Waals surface area contributed by atoms with Crippen molar-refractivity contribution in [2.24, 2.45) is 5.73 Å². The van der Waals surface area contributed by atoms with Gasteiger partial charge in [0.2, 0.25) is 5.88 Å². The summed E-state index contributed by atoms with van der Waals surface area (Å²) in [4.78, 5) is 2.00. The van der Waals surface area contributed by atoms with E-state index >= 15 is 0 Å². The molecule has 0 aliphatic carbocycles. The number of aromatic nitrogens is 2. The second-order valence-corrected chi connectivity index (χ2v) is 4.14. The lowest BCUT2D eigenvalue weighted by Gasteiger charge is -2.28. The molecule has 6 nitrogen and oxygen atoms in total. The number of nitrogens with two attached hydrogens (primary N) is 1. The molecular weight excluding hydrogens is 244 g/mol. The van der Waals surface area contributed by atoms with E-state index in [1.54, 1.807) is 6.07 Å². The van der Waals surface area contributed by atoms with E-state index in [1.807, 2.05) is 36.2 Å². The quantitative estimate of drug-likeness (QED) is 0.903. The van der Waals surface area contributed by atoms with Gasteiger partial charge in [0.05, 0.1) is 5.69 Å². The molecule has 1 aromatic heterocycles. The molecule has 2 N–H and O–H groups in total. The van der Waals surface area contributed by atoms with E-state index in [9.17, 15) is 0 Å². The molecule has 2 aromatic rings. The molecular formula is C13H14N4O2. The van der Waals surface area contributed by atoms with Gasteiger partial charge in [-0.15, -0.1) is 10.2 Å². The smallest absolute Gasteiger partial charge is 0.263 e. The van der Waals surface area contributed by atoms with Gasteiger partial charge in [0, 0.05) is 19.7 Å². The van der Waals surface area contributed by atoms with Gasteiger partial charge in [-0.2, -0.15) is 0 Å². The minimum absolute atomic E-state index is 0.411. The van der Waals surface area contributed by atoms with Crippen molar-refractivity contribution in [3.63, 3.8) is 0 Å². The van der Waals surface area contributed by atoms with Crippen LogP contribution in [0, 0.1) is 0 Å². The molecule has 1 aliphatic heterocycles. The largest absolute Gasteiger partial charge is 0.475 e. The summed E-state index contributed by atoms with van der Waals surface area (Å²) in [6, 6.07) is 9.57. The van der Waals surface area contributed by atoms with E-state index in [0.29, 0.717) is 24.9 Å². The van der Waals surface area contributed by atoms with E-state index in [2.05, 4.69) is 10.2 Å². The Kier molecular flexibility index (Phi) is 2.92. The van der Waals surface area contributed by atoms with Crippen molar-refractivity contribution in [2.75, 3.05) is 25.1 Å². The fourth-order valence-corrected chi connectivity index (χ4v) is 1.95. The molecule has 0 saturated carbocycles. The van der Waals surface area contributed by atoms with Gasteiger partial charge in [-0.25, -0.2) is 0 Å². The number of nitrogens with zero attached hydrogens (tertiary/aromatic N) is 3. The van der Waals surface area contributed by atoms with Gasteiger partial charge in [-0.05, 0) is 12.1 Å². The summed E-state index contributed by atoms with van der Waals surface area (Å²) in [6.07, 6.45) is 0. The van der Waals surface area contributed by atoms with Crippen molar-refractivity contribution >= 4 is 11.4 Å². The third kappa shape index (κ3) is 2.06. The summed E-state index contributed by atoms with van der Waals surface area (Å²) in [5, 5.41) is 8.00. The first-order chi connectivity index (χ1) is 9.29. The summed E-state index contributed by atoms with van der Waals surface area (Å²) in [5.41, 5.74) is 7.20. The second kappa shape index (κ2) is 4.74. The Bertz CT molecular complexity index is 603. The number of ether oxygens (including phenoxy) is 2. The fraction of sp³-hybridized carbons (Fsp3) is 0.231. The van der Waals surface area contributed by atoms with Crippen LogP contribution in [0.25, 0.3) is 0 Å². The lowest BCUT2D eigenvalue weighted by molar-refractivity contribution is 0.309. The first-order valence-corrected chi connectivity index (χ1v) is 6.01. The molecule has 2 heterocycles. The van der Waals surface area contributed by atoms with Crippen LogP contribution in [-0.2, 0) is 0 Å². The molecule has 98 valence electrons. The van der Waals surface area contributed by atoms with Crippen LogP contribution in [0.15, 0.2) is 30.3 Å². The Morgan fingerprint density at radius 3 is 2.95 bits per heavy atom. The van der Waals surface area contributed by atoms with Crippen molar-refractivity contribution in [3.8, 4) is 17.5 Å². The highest BCUT2D eigenvalue weighted by atomic mass is 16.5. The zero-order valence-corrected chi connectivity index (χ0v) is 10.5. The first-order valence-electron chi connectivity index (χ1n) is 6.01. The van der Waals surface area contributed by atoms with Gasteiger partial charge in [0.15, 0.2) is 5.75 Å². The number of benzene rings is 1. The number of hydrogen-bond donors (Lipinski definition) is 1. The highest BCUT2D eigenvalue weighted by Crippen LogP contribution is 2.44. The first kappa shape index (κ1) is 11.7. The maximum Gasteiger partial charge on any atom is 0.263 e. The minimum Gasteiger partial charge on any atom is -0.475 e. The molecule has 0 amide bonds. The lowest BCUT2D eigenvalue weighted by Crippen LogP contribution is -2.18. The Labute approximate surface area is 110 Å². The molecule has 0 spiro atoms. The van der Waals surface area contributed by atoms with Crippen LogP contribution >= 0.6 is 0 Å². The highest BCUT2D eigenvalue weighted by Gasteiger charge is 2.23. The van der Waals surface area contributed by atoms with Crippen LogP contribution in [0.5, 0.6) is 17.5 Å². The zero-order chi connectivity index (χ0) is 13.2. The van der Waals surface area contributed by atoms with Crippen LogP contribution in [-0.4, -0.2) is 30.4 Å². The maximum atomic E-state index is 5.71. The summed E-state index contributed by atoms with van der Waals surface area (Å²) in [7, 11) is 1.95. The van der Waals surface area contributed by atoms with Gasteiger partial charge < -0.3 is 20.1 Å².